The summed E-state index contributed by atoms with van der Waals surface area (Å²) in [6.45, 7) is 2.39. The molecule has 20 heavy (non-hydrogen) atoms. The summed E-state index contributed by atoms with van der Waals surface area (Å²) in [5.41, 5.74) is 0. The van der Waals surface area contributed by atoms with Gasteiger partial charge in [0.15, 0.2) is 0 Å². The molecule has 0 aromatic carbocycles. The van der Waals surface area contributed by atoms with Crippen molar-refractivity contribution < 1.29 is 19.5 Å². The SMILES string of the molecule is CC(=O)CCC(NC(=O)CCCCCN(C)C)C(=O)O. The monoisotopic (exact) mass is 286 g/mol. The normalized spacial score (nSPS) is 12.2. The van der Waals surface area contributed by atoms with Crippen molar-refractivity contribution in [3.05, 3.63) is 0 Å². The molecule has 0 radical (unpaired) electrons. The molecule has 0 aromatic rings. The highest BCUT2D eigenvalue weighted by atomic mass is 16.4. The zero-order valence-electron chi connectivity index (χ0n) is 12.6. The van der Waals surface area contributed by atoms with Gasteiger partial charge >= 0.3 is 5.97 Å². The molecule has 0 fully saturated rings. The van der Waals surface area contributed by atoms with Gasteiger partial charge in [-0.3, -0.25) is 4.79 Å². The maximum atomic E-state index is 11.6. The third-order valence-electron chi connectivity index (χ3n) is 2.93. The number of carbonyl (C=O) groups is 3. The lowest BCUT2D eigenvalue weighted by molar-refractivity contribution is -0.142. The van der Waals surface area contributed by atoms with E-state index in [2.05, 4.69) is 10.2 Å². The summed E-state index contributed by atoms with van der Waals surface area (Å²) in [5, 5.41) is 11.4. The summed E-state index contributed by atoms with van der Waals surface area (Å²) < 4.78 is 0. The van der Waals surface area contributed by atoms with E-state index in [-0.39, 0.29) is 24.5 Å². The molecular formula is C14H26N2O4. The summed E-state index contributed by atoms with van der Waals surface area (Å²) >= 11 is 0. The predicted octanol–water partition coefficient (Wildman–Crippen LogP) is 1.05. The maximum absolute atomic E-state index is 11.6. The van der Waals surface area contributed by atoms with Crippen molar-refractivity contribution >= 4 is 17.7 Å². The zero-order valence-corrected chi connectivity index (χ0v) is 12.6. The van der Waals surface area contributed by atoms with E-state index in [9.17, 15) is 14.4 Å². The largest absolute Gasteiger partial charge is 0.480 e. The summed E-state index contributed by atoms with van der Waals surface area (Å²) in [6, 6.07) is -0.965. The number of unbranched alkanes of at least 4 members (excludes halogenated alkanes) is 2. The van der Waals surface area contributed by atoms with Gasteiger partial charge in [-0.05, 0) is 46.8 Å². The molecule has 1 atom stereocenters. The van der Waals surface area contributed by atoms with Crippen LogP contribution in [-0.2, 0) is 14.4 Å². The summed E-state index contributed by atoms with van der Waals surface area (Å²) in [7, 11) is 4.00. The third-order valence-corrected chi connectivity index (χ3v) is 2.93. The molecule has 0 saturated heterocycles. The van der Waals surface area contributed by atoms with Crippen molar-refractivity contribution in [2.75, 3.05) is 20.6 Å². The first-order chi connectivity index (χ1) is 9.32. The predicted molar refractivity (Wildman–Crippen MR) is 76.5 cm³/mol. The number of hydrogen-bond donors (Lipinski definition) is 2. The molecule has 0 heterocycles. The molecule has 1 unspecified atom stereocenters. The minimum Gasteiger partial charge on any atom is -0.480 e. The van der Waals surface area contributed by atoms with Crippen molar-refractivity contribution in [2.45, 2.75) is 51.5 Å². The second-order valence-corrected chi connectivity index (χ2v) is 5.31. The molecular weight excluding hydrogens is 260 g/mol. The van der Waals surface area contributed by atoms with Crippen LogP contribution < -0.4 is 5.32 Å². The molecule has 0 rings (SSSR count). The molecule has 0 aliphatic heterocycles. The fourth-order valence-electron chi connectivity index (χ4n) is 1.76. The number of carboxylic acids is 1. The van der Waals surface area contributed by atoms with Crippen LogP contribution in [0, 0.1) is 0 Å². The van der Waals surface area contributed by atoms with Crippen LogP contribution >= 0.6 is 0 Å². The van der Waals surface area contributed by atoms with E-state index < -0.39 is 12.0 Å². The molecule has 0 bridgehead atoms. The topological polar surface area (TPSA) is 86.7 Å². The molecule has 1 amide bonds. The average Bonchev–Trinajstić information content (AvgIpc) is 2.32. The Morgan fingerprint density at radius 3 is 2.25 bits per heavy atom. The molecule has 0 aromatic heterocycles. The number of nitrogens with zero attached hydrogens (tertiary/aromatic N) is 1. The van der Waals surface area contributed by atoms with Gasteiger partial charge in [0.1, 0.15) is 11.8 Å². The molecule has 2 N–H and O–H groups in total. The van der Waals surface area contributed by atoms with Crippen LogP contribution in [0.15, 0.2) is 0 Å². The van der Waals surface area contributed by atoms with Crippen molar-refractivity contribution in [3.63, 3.8) is 0 Å². The maximum Gasteiger partial charge on any atom is 0.326 e. The highest BCUT2D eigenvalue weighted by Crippen LogP contribution is 2.03. The number of nitrogens with one attached hydrogen (secondary N) is 1. The van der Waals surface area contributed by atoms with Crippen LogP contribution in [0.3, 0.4) is 0 Å². The second-order valence-electron chi connectivity index (χ2n) is 5.31. The number of Topliss-reactive ketones (excluding diaryl/α,β-unsaturated/α-hetero) is 1. The zero-order chi connectivity index (χ0) is 15.5. The summed E-state index contributed by atoms with van der Waals surface area (Å²) in [4.78, 5) is 35.5. The van der Waals surface area contributed by atoms with E-state index in [1.165, 1.54) is 6.92 Å². The molecule has 0 saturated carbocycles. The van der Waals surface area contributed by atoms with Gasteiger partial charge in [0.05, 0.1) is 0 Å². The Morgan fingerprint density at radius 2 is 1.75 bits per heavy atom. The van der Waals surface area contributed by atoms with E-state index >= 15 is 0 Å². The Hall–Kier alpha value is -1.43. The van der Waals surface area contributed by atoms with Gasteiger partial charge in [-0.2, -0.15) is 0 Å². The molecule has 0 spiro atoms. The van der Waals surface area contributed by atoms with Crippen LogP contribution in [0.1, 0.15) is 45.4 Å². The fraction of sp³-hybridized carbons (Fsp3) is 0.786. The highest BCUT2D eigenvalue weighted by molar-refractivity contribution is 5.84. The van der Waals surface area contributed by atoms with E-state index in [4.69, 9.17) is 5.11 Å². The van der Waals surface area contributed by atoms with Gasteiger partial charge < -0.3 is 20.1 Å². The fourth-order valence-corrected chi connectivity index (χ4v) is 1.76. The van der Waals surface area contributed by atoms with Gasteiger partial charge in [0.2, 0.25) is 5.91 Å². The number of carbonyl (C=O) groups excluding carboxylic acids is 2. The van der Waals surface area contributed by atoms with E-state index in [1.807, 2.05) is 14.1 Å². The highest BCUT2D eigenvalue weighted by Gasteiger charge is 2.19. The van der Waals surface area contributed by atoms with Crippen molar-refractivity contribution in [1.82, 2.24) is 10.2 Å². The first-order valence-corrected chi connectivity index (χ1v) is 6.99. The van der Waals surface area contributed by atoms with Crippen molar-refractivity contribution in [1.29, 1.82) is 0 Å². The lowest BCUT2D eigenvalue weighted by Gasteiger charge is -2.14. The van der Waals surface area contributed by atoms with Gasteiger partial charge in [-0.15, -0.1) is 0 Å². The Morgan fingerprint density at radius 1 is 1.10 bits per heavy atom. The van der Waals surface area contributed by atoms with E-state index in [0.29, 0.717) is 6.42 Å². The molecule has 0 aliphatic carbocycles. The Balaban J connectivity index is 3.89. The third kappa shape index (κ3) is 10.5. The number of hydrogen-bond acceptors (Lipinski definition) is 4. The van der Waals surface area contributed by atoms with Gasteiger partial charge in [-0.1, -0.05) is 6.42 Å². The van der Waals surface area contributed by atoms with E-state index in [1.54, 1.807) is 0 Å². The van der Waals surface area contributed by atoms with E-state index in [0.717, 1.165) is 25.8 Å². The van der Waals surface area contributed by atoms with Gasteiger partial charge in [-0.25, -0.2) is 4.79 Å². The standard InChI is InChI=1S/C14H26N2O4/c1-11(17)8-9-12(14(19)20)15-13(18)7-5-4-6-10-16(2)3/h12H,4-10H2,1-3H3,(H,15,18)(H,19,20). The molecule has 6 heteroatoms. The van der Waals surface area contributed by atoms with Crippen LogP contribution in [0.25, 0.3) is 0 Å². The Bertz CT molecular complexity index is 329. The number of carboxylic acid groups (broad SMARTS) is 1. The van der Waals surface area contributed by atoms with Crippen molar-refractivity contribution in [3.8, 4) is 0 Å². The number of amides is 1. The van der Waals surface area contributed by atoms with Crippen molar-refractivity contribution in [2.24, 2.45) is 0 Å². The first kappa shape index (κ1) is 18.6. The minimum atomic E-state index is -1.09. The van der Waals surface area contributed by atoms with Crippen LogP contribution in [0.4, 0.5) is 0 Å². The quantitative estimate of drug-likeness (QED) is 0.554. The second kappa shape index (κ2) is 10.4. The lowest BCUT2D eigenvalue weighted by Crippen LogP contribution is -2.40. The Kier molecular flexibility index (Phi) is 9.63. The van der Waals surface area contributed by atoms with Gasteiger partial charge in [0.25, 0.3) is 0 Å². The van der Waals surface area contributed by atoms with Crippen LogP contribution in [0.5, 0.6) is 0 Å². The minimum absolute atomic E-state index is 0.0748. The molecule has 6 nitrogen and oxygen atoms in total. The van der Waals surface area contributed by atoms with Crippen LogP contribution in [0.2, 0.25) is 0 Å². The molecule has 116 valence electrons. The smallest absolute Gasteiger partial charge is 0.326 e. The lowest BCUT2D eigenvalue weighted by atomic mass is 10.1. The summed E-state index contributed by atoms with van der Waals surface area (Å²) in [6.07, 6.45) is 3.36. The average molecular weight is 286 g/mol. The number of aliphatic carboxylic acids is 1. The Labute approximate surface area is 120 Å². The number of rotatable bonds is 11. The van der Waals surface area contributed by atoms with Crippen LogP contribution in [-0.4, -0.2) is 54.3 Å². The number of ketones is 1. The van der Waals surface area contributed by atoms with Gasteiger partial charge in [0, 0.05) is 12.8 Å². The first-order valence-electron chi connectivity index (χ1n) is 6.99. The molecule has 0 aliphatic rings. The summed E-state index contributed by atoms with van der Waals surface area (Å²) in [5.74, 6) is -1.42.